The third-order valence-electron chi connectivity index (χ3n) is 7.76. The fourth-order valence-corrected chi connectivity index (χ4v) is 6.71. The first kappa shape index (κ1) is 38.9. The number of rotatable bonds is 17. The molecule has 0 saturated heterocycles. The van der Waals surface area contributed by atoms with Crippen LogP contribution in [-0.4, -0.2) is 62.1 Å². The number of carbonyl (C=O) groups is 3. The van der Waals surface area contributed by atoms with Gasteiger partial charge in [0.25, 0.3) is 11.8 Å². The predicted molar refractivity (Wildman–Crippen MR) is 196 cm³/mol. The quantitative estimate of drug-likeness (QED) is 0.113. The van der Waals surface area contributed by atoms with Gasteiger partial charge < -0.3 is 21.3 Å². The van der Waals surface area contributed by atoms with Gasteiger partial charge in [-0.25, -0.2) is 12.8 Å². The van der Waals surface area contributed by atoms with Crippen molar-refractivity contribution in [1.29, 1.82) is 0 Å². The smallest absolute Gasteiger partial charge is 0.251 e. The highest BCUT2D eigenvalue weighted by Crippen LogP contribution is 2.23. The molecule has 0 unspecified atom stereocenters. The Morgan fingerprint density at radius 2 is 1.48 bits per heavy atom. The van der Waals surface area contributed by atoms with Crippen molar-refractivity contribution < 1.29 is 27.2 Å². The molecule has 3 aromatic carbocycles. The first-order valence-corrected chi connectivity index (χ1v) is 19.0. The van der Waals surface area contributed by atoms with Gasteiger partial charge in [0, 0.05) is 37.3 Å². The Kier molecular flexibility index (Phi) is 14.8. The molecule has 4 N–H and O–H groups in total. The lowest BCUT2D eigenvalue weighted by Gasteiger charge is -2.24. The van der Waals surface area contributed by atoms with E-state index in [4.69, 9.17) is 0 Å². The molecule has 0 spiro atoms. The van der Waals surface area contributed by atoms with Gasteiger partial charge in [0.15, 0.2) is 0 Å². The van der Waals surface area contributed by atoms with E-state index < -0.39 is 45.8 Å². The fraction of sp³-hybridized carbons (Fsp3) is 0.400. The van der Waals surface area contributed by atoms with Gasteiger partial charge in [-0.1, -0.05) is 85.8 Å². The standard InChI is InChI=1S/C35H45FIN5O5S/c1-6-32(35(45)39-20-23(2)3)38-21-30(16-25-10-8-7-9-11-25)41-34(44)28-17-27(18-31(19-28)42(5)48(46,47)22-37)33(43)40-24(4)26-12-14-29(36)15-13-26/h7-15,17-19,23-24,30,32,38H,6,16,20-22H2,1-5H3,(H,39,45)(H,40,43)(H,41,44)/t24-,30+,32+/m1/s1. The largest absolute Gasteiger partial charge is 0.354 e. The van der Waals surface area contributed by atoms with Crippen molar-refractivity contribution in [2.75, 3.05) is 28.2 Å². The molecule has 0 fully saturated rings. The number of nitrogens with one attached hydrogen (secondary N) is 4. The van der Waals surface area contributed by atoms with Gasteiger partial charge in [0.1, 0.15) is 9.58 Å². The SMILES string of the molecule is CC[C@H](NC[C@H](Cc1ccccc1)NC(=O)c1cc(C(=O)N[C@H](C)c2ccc(F)cc2)cc(N(C)S(=O)(=O)CI)c1)C(=O)NCC(C)C. The normalized spacial score (nSPS) is 13.3. The van der Waals surface area contributed by atoms with Crippen LogP contribution in [0.3, 0.4) is 0 Å². The molecule has 0 bridgehead atoms. The summed E-state index contributed by atoms with van der Waals surface area (Å²) < 4.78 is 39.9. The number of halogens is 2. The van der Waals surface area contributed by atoms with Crippen molar-refractivity contribution in [2.24, 2.45) is 5.92 Å². The van der Waals surface area contributed by atoms with Crippen LogP contribution in [0.15, 0.2) is 72.8 Å². The minimum Gasteiger partial charge on any atom is -0.354 e. The molecule has 13 heteroatoms. The first-order valence-electron chi connectivity index (χ1n) is 15.8. The summed E-state index contributed by atoms with van der Waals surface area (Å²) in [6.45, 7) is 8.52. The van der Waals surface area contributed by atoms with Gasteiger partial charge in [-0.05, 0) is 67.1 Å². The predicted octanol–water partition coefficient (Wildman–Crippen LogP) is 4.96. The van der Waals surface area contributed by atoms with Crippen molar-refractivity contribution in [3.63, 3.8) is 0 Å². The summed E-state index contributed by atoms with van der Waals surface area (Å²) >= 11 is 1.75. The molecule has 260 valence electrons. The second-order valence-electron chi connectivity index (χ2n) is 12.1. The van der Waals surface area contributed by atoms with E-state index in [9.17, 15) is 27.2 Å². The molecule has 3 amide bonds. The molecular weight excluding hydrogens is 748 g/mol. The monoisotopic (exact) mass is 793 g/mol. The Balaban J connectivity index is 1.91. The minimum absolute atomic E-state index is 0.0766. The van der Waals surface area contributed by atoms with Crippen LogP contribution in [-0.2, 0) is 21.2 Å². The molecule has 0 aliphatic carbocycles. The Hall–Kier alpha value is -3.56. The van der Waals surface area contributed by atoms with Crippen LogP contribution in [0.2, 0.25) is 0 Å². The van der Waals surface area contributed by atoms with E-state index in [0.29, 0.717) is 30.9 Å². The number of anilines is 1. The van der Waals surface area contributed by atoms with Crippen molar-refractivity contribution in [2.45, 2.75) is 58.7 Å². The van der Waals surface area contributed by atoms with Gasteiger partial charge in [0.05, 0.1) is 17.8 Å². The number of sulfonamides is 1. The second-order valence-corrected chi connectivity index (χ2v) is 15.9. The van der Waals surface area contributed by atoms with Crippen LogP contribution >= 0.6 is 22.6 Å². The van der Waals surface area contributed by atoms with E-state index in [2.05, 4.69) is 21.3 Å². The van der Waals surface area contributed by atoms with Crippen LogP contribution in [0.4, 0.5) is 10.1 Å². The van der Waals surface area contributed by atoms with Gasteiger partial charge in [-0.15, -0.1) is 0 Å². The van der Waals surface area contributed by atoms with E-state index in [-0.39, 0.29) is 33.0 Å². The van der Waals surface area contributed by atoms with Crippen molar-refractivity contribution in [3.05, 3.63) is 101 Å². The first-order chi connectivity index (χ1) is 22.7. The summed E-state index contributed by atoms with van der Waals surface area (Å²) in [7, 11) is -2.37. The zero-order valence-corrected chi connectivity index (χ0v) is 30.9. The van der Waals surface area contributed by atoms with Crippen LogP contribution in [0, 0.1) is 11.7 Å². The molecule has 48 heavy (non-hydrogen) atoms. The van der Waals surface area contributed by atoms with Crippen molar-refractivity contribution in [1.82, 2.24) is 21.3 Å². The lowest BCUT2D eigenvalue weighted by atomic mass is 10.0. The molecule has 0 aliphatic rings. The second kappa shape index (κ2) is 18.3. The summed E-state index contributed by atoms with van der Waals surface area (Å²) in [6.07, 6.45) is 0.999. The lowest BCUT2D eigenvalue weighted by Crippen LogP contribution is -2.50. The molecule has 3 rings (SSSR count). The molecule has 10 nitrogen and oxygen atoms in total. The maximum atomic E-state index is 13.9. The number of hydrogen-bond donors (Lipinski definition) is 4. The van der Waals surface area contributed by atoms with E-state index in [1.165, 1.54) is 37.4 Å². The van der Waals surface area contributed by atoms with Crippen molar-refractivity contribution in [3.8, 4) is 0 Å². The molecule has 0 radical (unpaired) electrons. The number of amides is 3. The Morgan fingerprint density at radius 1 is 0.875 bits per heavy atom. The molecule has 0 aliphatic heterocycles. The third kappa shape index (κ3) is 11.5. The van der Waals surface area contributed by atoms with Crippen LogP contribution in [0.1, 0.15) is 72.0 Å². The molecule has 0 saturated carbocycles. The topological polar surface area (TPSA) is 137 Å². The highest BCUT2D eigenvalue weighted by Gasteiger charge is 2.24. The number of alkyl halides is 1. The average Bonchev–Trinajstić information content (AvgIpc) is 3.07. The van der Waals surface area contributed by atoms with E-state index in [1.807, 2.05) is 51.1 Å². The Labute approximate surface area is 296 Å². The molecule has 3 atom stereocenters. The maximum Gasteiger partial charge on any atom is 0.251 e. The zero-order valence-electron chi connectivity index (χ0n) is 27.9. The lowest BCUT2D eigenvalue weighted by molar-refractivity contribution is -0.123. The van der Waals surface area contributed by atoms with Gasteiger partial charge in [-0.2, -0.15) is 0 Å². The third-order valence-corrected chi connectivity index (χ3v) is 11.4. The maximum absolute atomic E-state index is 13.9. The van der Waals surface area contributed by atoms with Gasteiger partial charge >= 0.3 is 0 Å². The van der Waals surface area contributed by atoms with Crippen molar-refractivity contribution >= 4 is 56.0 Å². The number of hydrogen-bond acceptors (Lipinski definition) is 6. The summed E-state index contributed by atoms with van der Waals surface area (Å²) in [5, 5.41) is 12.1. The minimum atomic E-state index is -3.74. The molecular formula is C35H45FIN5O5S. The molecule has 0 aromatic heterocycles. The Morgan fingerprint density at radius 3 is 2.04 bits per heavy atom. The zero-order chi connectivity index (χ0) is 35.4. The van der Waals surface area contributed by atoms with E-state index >= 15 is 0 Å². The van der Waals surface area contributed by atoms with Crippen LogP contribution in [0.5, 0.6) is 0 Å². The van der Waals surface area contributed by atoms with Gasteiger partial charge in [0.2, 0.25) is 15.9 Å². The summed E-state index contributed by atoms with van der Waals surface area (Å²) in [5.41, 5.74) is 1.95. The summed E-state index contributed by atoms with van der Waals surface area (Å²) in [5.74, 6) is -1.27. The van der Waals surface area contributed by atoms with Crippen LogP contribution < -0.4 is 25.6 Å². The molecule has 0 heterocycles. The summed E-state index contributed by atoms with van der Waals surface area (Å²) in [4.78, 5) is 40.1. The van der Waals surface area contributed by atoms with Gasteiger partial charge in [-0.3, -0.25) is 18.7 Å². The fourth-order valence-electron chi connectivity index (χ4n) is 4.88. The highest BCUT2D eigenvalue weighted by atomic mass is 127. The highest BCUT2D eigenvalue weighted by molar-refractivity contribution is 14.1. The Bertz CT molecular complexity index is 1640. The number of benzene rings is 3. The van der Waals surface area contributed by atoms with E-state index in [0.717, 1.165) is 9.87 Å². The number of carbonyl (C=O) groups excluding carboxylic acids is 3. The summed E-state index contributed by atoms with van der Waals surface area (Å²) in [6, 6.07) is 18.2. The average molecular weight is 794 g/mol. The molecule has 3 aromatic rings. The van der Waals surface area contributed by atoms with Crippen LogP contribution in [0.25, 0.3) is 0 Å². The van der Waals surface area contributed by atoms with E-state index in [1.54, 1.807) is 41.6 Å². The number of nitrogens with zero attached hydrogens (tertiary/aromatic N) is 1.